The average molecular weight is 217 g/mol. The Morgan fingerprint density at radius 3 is 2.80 bits per heavy atom. The maximum atomic E-state index is 13.7. The van der Waals surface area contributed by atoms with E-state index < -0.39 is 0 Å². The molecule has 0 aliphatic rings. The van der Waals surface area contributed by atoms with Crippen molar-refractivity contribution in [3.8, 4) is 0 Å². The smallest absolute Gasteiger partial charge is 0.139 e. The predicted octanol–water partition coefficient (Wildman–Crippen LogP) is 2.82. The summed E-state index contributed by atoms with van der Waals surface area (Å²) in [4.78, 5) is 0. The number of aromatic nitrogens is 1. The molecule has 0 spiro atoms. The van der Waals surface area contributed by atoms with Crippen molar-refractivity contribution in [2.24, 2.45) is 7.05 Å². The second-order valence-electron chi connectivity index (χ2n) is 3.48. The minimum absolute atomic E-state index is 0.158. The van der Waals surface area contributed by atoms with Crippen LogP contribution in [0.15, 0.2) is 30.3 Å². The number of hydrogen-bond donors (Lipinski definition) is 0. The Morgan fingerprint density at radius 2 is 2.00 bits per heavy atom. The summed E-state index contributed by atoms with van der Waals surface area (Å²) in [5.41, 5.74) is 0. The maximum Gasteiger partial charge on any atom is 0.139 e. The number of benzene rings is 2. The summed E-state index contributed by atoms with van der Waals surface area (Å²) in [6.07, 6.45) is 3.20. The van der Waals surface area contributed by atoms with Crippen LogP contribution in [0.4, 0.5) is 4.39 Å². The Morgan fingerprint density at radius 1 is 1.27 bits per heavy atom. The summed E-state index contributed by atoms with van der Waals surface area (Å²) < 4.78 is 16.5. The van der Waals surface area contributed by atoms with Crippen molar-refractivity contribution in [1.82, 2.24) is 0 Å². The van der Waals surface area contributed by atoms with Gasteiger partial charge in [-0.25, -0.2) is 8.35 Å². The van der Waals surface area contributed by atoms with Gasteiger partial charge in [-0.3, -0.25) is 0 Å². The van der Waals surface area contributed by atoms with Crippen LogP contribution in [0, 0.1) is 12.0 Å². The third kappa shape index (κ3) is 1.23. The Hall–Kier alpha value is -1.48. The molecule has 1 aromatic heterocycles. The predicted molar refractivity (Wildman–Crippen MR) is 59.3 cm³/mol. The van der Waals surface area contributed by atoms with Crippen LogP contribution in [0.1, 0.15) is 0 Å². The molecule has 15 heavy (non-hydrogen) atoms. The minimum atomic E-state index is -0.158. The highest BCUT2D eigenvalue weighted by molar-refractivity contribution is 7.09. The lowest BCUT2D eigenvalue weighted by molar-refractivity contribution is -0.603. The van der Waals surface area contributed by atoms with E-state index in [0.717, 1.165) is 15.5 Å². The molecule has 0 bridgehead atoms. The fourth-order valence-electron chi connectivity index (χ4n) is 1.82. The fourth-order valence-corrected chi connectivity index (χ4v) is 2.66. The van der Waals surface area contributed by atoms with Gasteiger partial charge in [-0.1, -0.05) is 29.7 Å². The van der Waals surface area contributed by atoms with Gasteiger partial charge in [0, 0.05) is 0 Å². The number of nitrogens with zero attached hydrogens (tertiary/aromatic N) is 1. The Kier molecular flexibility index (Phi) is 1.76. The monoisotopic (exact) mass is 217 g/mol. The molecule has 3 heteroatoms. The molecule has 0 aliphatic heterocycles. The molecule has 0 saturated carbocycles. The second-order valence-corrected chi connectivity index (χ2v) is 4.65. The van der Waals surface area contributed by atoms with Crippen LogP contribution in [0.5, 0.6) is 0 Å². The Labute approximate surface area is 90.5 Å². The van der Waals surface area contributed by atoms with E-state index in [2.05, 4.69) is 6.20 Å². The third-order valence-electron chi connectivity index (χ3n) is 2.46. The molecule has 0 N–H and O–H groups in total. The number of halogens is 1. The first kappa shape index (κ1) is 8.80. The Bertz CT molecular complexity index is 657. The number of fused-ring (bicyclic) bond motifs is 3. The minimum Gasteiger partial charge on any atom is -0.209 e. The molecule has 74 valence electrons. The molecule has 1 heterocycles. The van der Waals surface area contributed by atoms with Crippen molar-refractivity contribution in [2.75, 3.05) is 0 Å². The number of aryl methyl sites for hydroxylation is 1. The highest BCUT2D eigenvalue weighted by atomic mass is 32.1. The molecule has 2 aromatic carbocycles. The molecule has 1 nitrogen and oxygen atoms in total. The molecule has 0 saturated heterocycles. The van der Waals surface area contributed by atoms with Crippen LogP contribution in [-0.2, 0) is 7.05 Å². The lowest BCUT2D eigenvalue weighted by Gasteiger charge is -2.05. The van der Waals surface area contributed by atoms with Crippen LogP contribution < -0.4 is 3.96 Å². The van der Waals surface area contributed by atoms with Gasteiger partial charge >= 0.3 is 0 Å². The van der Waals surface area contributed by atoms with Crippen LogP contribution in [-0.4, -0.2) is 0 Å². The first-order valence-electron chi connectivity index (χ1n) is 4.65. The van der Waals surface area contributed by atoms with Crippen LogP contribution in [0.3, 0.4) is 0 Å². The van der Waals surface area contributed by atoms with E-state index in [1.54, 1.807) is 12.1 Å². The zero-order valence-corrected chi connectivity index (χ0v) is 8.94. The van der Waals surface area contributed by atoms with Crippen LogP contribution >= 0.6 is 11.5 Å². The van der Waals surface area contributed by atoms with E-state index in [9.17, 15) is 4.39 Å². The topological polar surface area (TPSA) is 3.88 Å². The summed E-state index contributed by atoms with van der Waals surface area (Å²) in [6.45, 7) is 0. The van der Waals surface area contributed by atoms with E-state index in [1.807, 2.05) is 29.2 Å². The molecule has 3 rings (SSSR count). The fraction of sp³-hybridized carbons (Fsp3) is 0.0833. The molecular weight excluding hydrogens is 209 g/mol. The zero-order chi connectivity index (χ0) is 10.4. The van der Waals surface area contributed by atoms with Gasteiger partial charge < -0.3 is 0 Å². The zero-order valence-electron chi connectivity index (χ0n) is 8.12. The van der Waals surface area contributed by atoms with Gasteiger partial charge in [-0.2, -0.15) is 0 Å². The molecule has 0 atom stereocenters. The van der Waals surface area contributed by atoms with Crippen molar-refractivity contribution < 1.29 is 8.35 Å². The van der Waals surface area contributed by atoms with Crippen molar-refractivity contribution >= 4 is 32.4 Å². The molecule has 0 amide bonds. The highest BCUT2D eigenvalue weighted by Crippen LogP contribution is 2.28. The van der Waals surface area contributed by atoms with Gasteiger partial charge in [0.2, 0.25) is 0 Å². The standard InChI is InChI=1S/C12H8FNS/c1-14-7-10-8-4-2-3-5-9(8)11(13)6-12(10)15-14/h2-6H,1H3. The molecule has 3 aromatic rings. The van der Waals surface area contributed by atoms with Gasteiger partial charge in [0.05, 0.1) is 11.5 Å². The number of hydrogen-bond acceptors (Lipinski definition) is 1. The van der Waals surface area contributed by atoms with E-state index >= 15 is 0 Å². The average Bonchev–Trinajstić information content (AvgIpc) is 2.59. The SMILES string of the molecule is C[n+]1[c-]c2c(cc(F)c3ccccc32)s1. The lowest BCUT2D eigenvalue weighted by Crippen LogP contribution is -2.19. The van der Waals surface area contributed by atoms with Gasteiger partial charge in [0.15, 0.2) is 0 Å². The molecule has 0 radical (unpaired) electrons. The molecule has 0 unspecified atom stereocenters. The largest absolute Gasteiger partial charge is 0.209 e. The van der Waals surface area contributed by atoms with Gasteiger partial charge in [0.1, 0.15) is 19.1 Å². The van der Waals surface area contributed by atoms with Gasteiger partial charge in [-0.05, 0) is 10.1 Å². The van der Waals surface area contributed by atoms with Crippen molar-refractivity contribution in [3.05, 3.63) is 42.3 Å². The maximum absolute atomic E-state index is 13.7. The van der Waals surface area contributed by atoms with Crippen LogP contribution in [0.2, 0.25) is 0 Å². The summed E-state index contributed by atoms with van der Waals surface area (Å²) >= 11 is 1.50. The van der Waals surface area contributed by atoms with Crippen LogP contribution in [0.25, 0.3) is 20.9 Å². The van der Waals surface area contributed by atoms with E-state index in [-0.39, 0.29) is 5.82 Å². The van der Waals surface area contributed by atoms with E-state index in [0.29, 0.717) is 5.39 Å². The quantitative estimate of drug-likeness (QED) is 0.402. The van der Waals surface area contributed by atoms with Crippen molar-refractivity contribution in [1.29, 1.82) is 0 Å². The van der Waals surface area contributed by atoms with Crippen molar-refractivity contribution in [3.63, 3.8) is 0 Å². The van der Waals surface area contributed by atoms with E-state index in [1.165, 1.54) is 11.5 Å². The lowest BCUT2D eigenvalue weighted by atomic mass is 10.1. The summed E-state index contributed by atoms with van der Waals surface area (Å²) in [5, 5.41) is 2.60. The third-order valence-corrected chi connectivity index (χ3v) is 3.35. The second kappa shape index (κ2) is 3.00. The van der Waals surface area contributed by atoms with Gasteiger partial charge in [-0.15, -0.1) is 11.5 Å². The normalized spacial score (nSPS) is 11.3. The molecule has 0 fully saturated rings. The van der Waals surface area contributed by atoms with E-state index in [4.69, 9.17) is 0 Å². The molecule has 0 aliphatic carbocycles. The van der Waals surface area contributed by atoms with Gasteiger partial charge in [0.25, 0.3) is 0 Å². The number of rotatable bonds is 0. The first-order valence-corrected chi connectivity index (χ1v) is 5.42. The summed E-state index contributed by atoms with van der Waals surface area (Å²) in [5.74, 6) is -0.158. The first-order chi connectivity index (χ1) is 7.25. The van der Waals surface area contributed by atoms with Crippen molar-refractivity contribution in [2.45, 2.75) is 0 Å². The molecular formula is C12H8FNS. The Balaban J connectivity index is 2.62. The summed E-state index contributed by atoms with van der Waals surface area (Å²) in [7, 11) is 1.91. The highest BCUT2D eigenvalue weighted by Gasteiger charge is 2.04. The summed E-state index contributed by atoms with van der Waals surface area (Å²) in [6, 6.07) is 9.09.